The topological polar surface area (TPSA) is 93.2 Å². The van der Waals surface area contributed by atoms with Gasteiger partial charge in [0.25, 0.3) is 0 Å². The van der Waals surface area contributed by atoms with Crippen molar-refractivity contribution < 1.29 is 23.1 Å². The van der Waals surface area contributed by atoms with Crippen molar-refractivity contribution in [3.05, 3.63) is 54.3 Å². The van der Waals surface area contributed by atoms with Crippen molar-refractivity contribution in [1.29, 1.82) is 0 Å². The highest BCUT2D eigenvalue weighted by atomic mass is 19.3. The second-order valence-electron chi connectivity index (χ2n) is 9.65. The number of oxazole rings is 1. The summed E-state index contributed by atoms with van der Waals surface area (Å²) in [5.41, 5.74) is 1.70. The van der Waals surface area contributed by atoms with Gasteiger partial charge in [0.15, 0.2) is 17.3 Å². The van der Waals surface area contributed by atoms with E-state index >= 15 is 0 Å². The highest BCUT2D eigenvalue weighted by Gasteiger charge is 2.20. The molecule has 0 unspecified atom stereocenters. The molecule has 38 heavy (non-hydrogen) atoms. The fourth-order valence-electron chi connectivity index (χ4n) is 3.96. The van der Waals surface area contributed by atoms with Gasteiger partial charge in [0.1, 0.15) is 0 Å². The maximum Gasteiger partial charge on any atom is 0.358 e. The van der Waals surface area contributed by atoms with Crippen LogP contribution in [0, 0.1) is 6.92 Å². The van der Waals surface area contributed by atoms with Crippen molar-refractivity contribution in [3.8, 4) is 11.3 Å². The summed E-state index contributed by atoms with van der Waals surface area (Å²) in [6.07, 6.45) is 14.1. The Labute approximate surface area is 224 Å². The number of carboxylic acid groups (broad SMARTS) is 1. The Morgan fingerprint density at radius 3 is 2.39 bits per heavy atom. The molecule has 0 saturated carbocycles. The van der Waals surface area contributed by atoms with Gasteiger partial charge in [-0.2, -0.15) is 5.10 Å². The van der Waals surface area contributed by atoms with Gasteiger partial charge in [-0.15, -0.1) is 0 Å². The Morgan fingerprint density at radius 2 is 1.74 bits per heavy atom. The van der Waals surface area contributed by atoms with Crippen LogP contribution in [-0.4, -0.2) is 38.3 Å². The van der Waals surface area contributed by atoms with E-state index in [0.717, 1.165) is 31.1 Å². The largest absolute Gasteiger partial charge is 0.476 e. The standard InChI is InChI=1S/C18H33F2N3.C11H9NO3/c1-3-4-5-6-7-8-10-13-21-17-15-22-23(16-17)14-11-9-12-18(2,19)20;1-7-12-9(11(13)14)10(15-7)8-5-3-2-4-6-8/h15-16,21H,3-14H2,1-2H3;2-6H,1H3,(H,13,14). The molecule has 0 saturated heterocycles. The summed E-state index contributed by atoms with van der Waals surface area (Å²) in [6, 6.07) is 9.06. The quantitative estimate of drug-likeness (QED) is 0.181. The number of nitrogens with zero attached hydrogens (tertiary/aromatic N) is 3. The molecule has 0 aliphatic heterocycles. The van der Waals surface area contributed by atoms with Crippen molar-refractivity contribution in [3.63, 3.8) is 0 Å². The van der Waals surface area contributed by atoms with Crippen molar-refractivity contribution >= 4 is 11.7 Å². The molecule has 210 valence electrons. The Kier molecular flexibility index (Phi) is 13.5. The predicted octanol–water partition coefficient (Wildman–Crippen LogP) is 8.22. The summed E-state index contributed by atoms with van der Waals surface area (Å²) in [7, 11) is 0. The number of alkyl halides is 2. The van der Waals surface area contributed by atoms with Crippen LogP contribution >= 0.6 is 0 Å². The van der Waals surface area contributed by atoms with Gasteiger partial charge in [0, 0.05) is 38.2 Å². The summed E-state index contributed by atoms with van der Waals surface area (Å²) >= 11 is 0. The fourth-order valence-corrected chi connectivity index (χ4v) is 3.96. The Bertz CT molecular complexity index is 1060. The lowest BCUT2D eigenvalue weighted by Gasteiger charge is -2.09. The number of aromatic carboxylic acids is 1. The molecule has 0 aliphatic rings. The molecule has 2 aromatic heterocycles. The van der Waals surface area contributed by atoms with E-state index in [4.69, 9.17) is 9.52 Å². The summed E-state index contributed by atoms with van der Waals surface area (Å²) in [6.45, 7) is 6.52. The minimum absolute atomic E-state index is 0.0429. The maximum atomic E-state index is 12.7. The van der Waals surface area contributed by atoms with Gasteiger partial charge in [-0.1, -0.05) is 75.8 Å². The van der Waals surface area contributed by atoms with Gasteiger partial charge in [-0.25, -0.2) is 18.6 Å². The molecule has 0 aliphatic carbocycles. The first-order valence-electron chi connectivity index (χ1n) is 13.6. The average Bonchev–Trinajstić information content (AvgIpc) is 3.50. The molecule has 0 radical (unpaired) electrons. The molecule has 2 N–H and O–H groups in total. The molecule has 0 fully saturated rings. The Morgan fingerprint density at radius 1 is 1.05 bits per heavy atom. The summed E-state index contributed by atoms with van der Waals surface area (Å²) < 4.78 is 32.5. The SMILES string of the molecule is CCCCCCCCCNc1cnn(CCCCC(C)(F)F)c1.Cc1nc(C(=O)O)c(-c2ccccc2)o1. The number of hydrogen-bond donors (Lipinski definition) is 2. The number of nitrogens with one attached hydrogen (secondary N) is 1. The molecule has 2 heterocycles. The number of halogens is 2. The van der Waals surface area contributed by atoms with E-state index in [1.165, 1.54) is 44.9 Å². The van der Waals surface area contributed by atoms with Gasteiger partial charge in [-0.3, -0.25) is 4.68 Å². The first kappa shape index (κ1) is 31.0. The summed E-state index contributed by atoms with van der Waals surface area (Å²) in [5, 5.41) is 16.6. The second kappa shape index (κ2) is 16.6. The smallest absolute Gasteiger partial charge is 0.358 e. The Balaban J connectivity index is 0.000000290. The predicted molar refractivity (Wildman–Crippen MR) is 147 cm³/mol. The zero-order chi connectivity index (χ0) is 27.8. The van der Waals surface area contributed by atoms with E-state index in [1.807, 2.05) is 35.3 Å². The van der Waals surface area contributed by atoms with Crippen LogP contribution in [0.2, 0.25) is 0 Å². The molecule has 1 aromatic carbocycles. The minimum Gasteiger partial charge on any atom is -0.476 e. The monoisotopic (exact) mass is 532 g/mol. The zero-order valence-corrected chi connectivity index (χ0v) is 22.9. The van der Waals surface area contributed by atoms with E-state index in [2.05, 4.69) is 22.3 Å². The summed E-state index contributed by atoms with van der Waals surface area (Å²) in [4.78, 5) is 14.7. The van der Waals surface area contributed by atoms with E-state index in [1.54, 1.807) is 19.1 Å². The van der Waals surface area contributed by atoms with E-state index in [0.29, 0.717) is 24.6 Å². The molecular weight excluding hydrogens is 490 g/mol. The molecule has 0 atom stereocenters. The zero-order valence-electron chi connectivity index (χ0n) is 22.9. The van der Waals surface area contributed by atoms with Crippen molar-refractivity contribution in [2.45, 2.75) is 97.4 Å². The lowest BCUT2D eigenvalue weighted by atomic mass is 10.1. The lowest BCUT2D eigenvalue weighted by molar-refractivity contribution is 0.0102. The van der Waals surface area contributed by atoms with Crippen LogP contribution in [-0.2, 0) is 6.54 Å². The number of rotatable bonds is 16. The molecule has 3 rings (SSSR count). The number of aromatic nitrogens is 3. The number of benzene rings is 1. The van der Waals surface area contributed by atoms with Crippen molar-refractivity contribution in [2.24, 2.45) is 0 Å². The van der Waals surface area contributed by atoms with Crippen LogP contribution in [0.3, 0.4) is 0 Å². The van der Waals surface area contributed by atoms with Crippen LogP contribution in [0.5, 0.6) is 0 Å². The molecule has 0 bridgehead atoms. The van der Waals surface area contributed by atoms with Crippen LogP contribution in [0.25, 0.3) is 11.3 Å². The fraction of sp³-hybridized carbons (Fsp3) is 0.552. The highest BCUT2D eigenvalue weighted by Crippen LogP contribution is 2.24. The highest BCUT2D eigenvalue weighted by molar-refractivity contribution is 5.92. The van der Waals surface area contributed by atoms with E-state index in [-0.39, 0.29) is 12.1 Å². The van der Waals surface area contributed by atoms with Gasteiger partial charge >= 0.3 is 5.97 Å². The third-order valence-corrected chi connectivity index (χ3v) is 5.97. The van der Waals surface area contributed by atoms with Gasteiger partial charge in [0.2, 0.25) is 5.92 Å². The number of hydrogen-bond acceptors (Lipinski definition) is 5. The van der Waals surface area contributed by atoms with Crippen LogP contribution < -0.4 is 5.32 Å². The number of aryl methyl sites for hydroxylation is 2. The molecule has 7 nitrogen and oxygen atoms in total. The Hall–Kier alpha value is -3.23. The normalized spacial score (nSPS) is 11.2. The first-order valence-corrected chi connectivity index (χ1v) is 13.6. The molecule has 3 aromatic rings. The molecule has 0 spiro atoms. The molecule has 9 heteroatoms. The van der Waals surface area contributed by atoms with Gasteiger partial charge < -0.3 is 14.8 Å². The number of unbranched alkanes of at least 4 members (excludes halogenated alkanes) is 7. The van der Waals surface area contributed by atoms with Gasteiger partial charge in [-0.05, 0) is 26.2 Å². The van der Waals surface area contributed by atoms with Gasteiger partial charge in [0.05, 0.1) is 11.9 Å². The number of carboxylic acids is 1. The van der Waals surface area contributed by atoms with Crippen LogP contribution in [0.15, 0.2) is 47.1 Å². The average molecular weight is 533 g/mol. The number of carbonyl (C=O) groups is 1. The van der Waals surface area contributed by atoms with E-state index in [9.17, 15) is 13.6 Å². The second-order valence-corrected chi connectivity index (χ2v) is 9.65. The lowest BCUT2D eigenvalue weighted by Crippen LogP contribution is -2.09. The van der Waals surface area contributed by atoms with Crippen LogP contribution in [0.1, 0.15) is 94.4 Å². The van der Waals surface area contributed by atoms with Crippen molar-refractivity contribution in [1.82, 2.24) is 14.8 Å². The first-order chi connectivity index (χ1) is 18.2. The van der Waals surface area contributed by atoms with Crippen LogP contribution in [0.4, 0.5) is 14.5 Å². The third kappa shape index (κ3) is 12.3. The molecule has 0 amide bonds. The van der Waals surface area contributed by atoms with E-state index < -0.39 is 11.9 Å². The maximum absolute atomic E-state index is 12.7. The minimum atomic E-state index is -2.55. The molecular formula is C29H42F2N4O3. The third-order valence-electron chi connectivity index (χ3n) is 5.97. The summed E-state index contributed by atoms with van der Waals surface area (Å²) in [5.74, 6) is -2.97. The number of anilines is 1. The van der Waals surface area contributed by atoms with Crippen molar-refractivity contribution in [2.75, 3.05) is 11.9 Å².